The number of hydrogen-bond acceptors (Lipinski definition) is 7. The first-order valence-corrected chi connectivity index (χ1v) is 7.18. The topological polar surface area (TPSA) is 73.9 Å². The molecule has 0 atom stereocenters. The SMILES string of the molecule is CC(C)COc1nc(Sc2nncs2)ccc1N. The summed E-state index contributed by atoms with van der Waals surface area (Å²) in [6, 6.07) is 3.65. The van der Waals surface area contributed by atoms with Crippen LogP contribution in [0.15, 0.2) is 27.0 Å². The molecule has 18 heavy (non-hydrogen) atoms. The van der Waals surface area contributed by atoms with Gasteiger partial charge in [-0.2, -0.15) is 0 Å². The van der Waals surface area contributed by atoms with Gasteiger partial charge < -0.3 is 10.5 Å². The van der Waals surface area contributed by atoms with Crippen molar-refractivity contribution in [1.29, 1.82) is 0 Å². The summed E-state index contributed by atoms with van der Waals surface area (Å²) >= 11 is 2.92. The third-order valence-corrected chi connectivity index (χ3v) is 3.66. The van der Waals surface area contributed by atoms with Crippen molar-refractivity contribution in [3.05, 3.63) is 17.6 Å². The van der Waals surface area contributed by atoms with E-state index in [4.69, 9.17) is 10.5 Å². The van der Waals surface area contributed by atoms with Crippen molar-refractivity contribution in [3.8, 4) is 5.88 Å². The minimum Gasteiger partial charge on any atom is -0.476 e. The molecule has 0 bridgehead atoms. The first-order chi connectivity index (χ1) is 8.65. The largest absolute Gasteiger partial charge is 0.476 e. The standard InChI is InChI=1S/C11H14N4OS2/c1-7(2)5-16-10-8(12)3-4-9(14-10)18-11-15-13-6-17-11/h3-4,6-7H,5,12H2,1-2H3. The van der Waals surface area contributed by atoms with Gasteiger partial charge in [0.25, 0.3) is 0 Å². The molecule has 0 unspecified atom stereocenters. The van der Waals surface area contributed by atoms with Crippen LogP contribution < -0.4 is 10.5 Å². The Bertz CT molecular complexity index is 502. The Kier molecular flexibility index (Phi) is 4.38. The molecule has 0 aliphatic carbocycles. The zero-order chi connectivity index (χ0) is 13.0. The lowest BCUT2D eigenvalue weighted by Gasteiger charge is -2.10. The molecule has 7 heteroatoms. The zero-order valence-corrected chi connectivity index (χ0v) is 11.8. The first kappa shape index (κ1) is 13.1. The summed E-state index contributed by atoms with van der Waals surface area (Å²) in [4.78, 5) is 4.37. The number of hydrogen-bond donors (Lipinski definition) is 1. The second kappa shape index (κ2) is 6.01. The second-order valence-corrected chi connectivity index (χ2v) is 6.16. The van der Waals surface area contributed by atoms with Gasteiger partial charge in [-0.1, -0.05) is 25.2 Å². The van der Waals surface area contributed by atoms with Crippen molar-refractivity contribution < 1.29 is 4.74 Å². The van der Waals surface area contributed by atoms with E-state index in [0.29, 0.717) is 24.1 Å². The van der Waals surface area contributed by atoms with Crippen molar-refractivity contribution in [2.75, 3.05) is 12.3 Å². The lowest BCUT2D eigenvalue weighted by Crippen LogP contribution is -2.07. The summed E-state index contributed by atoms with van der Waals surface area (Å²) in [5.74, 6) is 0.920. The molecule has 96 valence electrons. The molecule has 0 spiro atoms. The van der Waals surface area contributed by atoms with Gasteiger partial charge in [-0.05, 0) is 29.8 Å². The maximum atomic E-state index is 5.83. The van der Waals surface area contributed by atoms with Crippen LogP contribution in [0.4, 0.5) is 5.69 Å². The van der Waals surface area contributed by atoms with E-state index in [9.17, 15) is 0 Å². The highest BCUT2D eigenvalue weighted by Gasteiger charge is 2.08. The number of nitrogens with zero attached hydrogens (tertiary/aromatic N) is 3. The minimum atomic E-state index is 0.436. The van der Waals surface area contributed by atoms with E-state index in [1.165, 1.54) is 23.1 Å². The van der Waals surface area contributed by atoms with Gasteiger partial charge in [0.15, 0.2) is 4.34 Å². The number of nitrogens with two attached hydrogens (primary N) is 1. The van der Waals surface area contributed by atoms with Gasteiger partial charge in [0, 0.05) is 0 Å². The summed E-state index contributed by atoms with van der Waals surface area (Å²) in [6.45, 7) is 4.76. The number of ether oxygens (including phenoxy) is 1. The van der Waals surface area contributed by atoms with Gasteiger partial charge in [-0.25, -0.2) is 4.98 Å². The quantitative estimate of drug-likeness (QED) is 0.909. The molecule has 2 aromatic rings. The number of aromatic nitrogens is 3. The number of anilines is 1. The average Bonchev–Trinajstić information content (AvgIpc) is 2.82. The third-order valence-electron chi connectivity index (χ3n) is 1.95. The van der Waals surface area contributed by atoms with Crippen LogP contribution in [-0.4, -0.2) is 21.8 Å². The fourth-order valence-corrected chi connectivity index (χ4v) is 2.54. The molecular weight excluding hydrogens is 268 g/mol. The maximum absolute atomic E-state index is 5.83. The molecule has 0 aromatic carbocycles. The molecule has 0 aliphatic heterocycles. The molecule has 2 aromatic heterocycles. The molecule has 0 aliphatic rings. The van der Waals surface area contributed by atoms with Crippen molar-refractivity contribution in [2.45, 2.75) is 23.2 Å². The summed E-state index contributed by atoms with van der Waals surface area (Å²) in [6.07, 6.45) is 0. The number of nitrogen functional groups attached to an aromatic ring is 1. The predicted octanol–water partition coefficient (Wildman–Crippen LogP) is 2.70. The van der Waals surface area contributed by atoms with Gasteiger partial charge in [-0.15, -0.1) is 10.2 Å². The van der Waals surface area contributed by atoms with Crippen LogP contribution in [0, 0.1) is 5.92 Å². The van der Waals surface area contributed by atoms with Crippen molar-refractivity contribution >= 4 is 28.8 Å². The van der Waals surface area contributed by atoms with Gasteiger partial charge in [0.2, 0.25) is 5.88 Å². The summed E-state index contributed by atoms with van der Waals surface area (Å²) < 4.78 is 6.43. The molecule has 0 saturated heterocycles. The molecule has 5 nitrogen and oxygen atoms in total. The molecule has 0 fully saturated rings. The fourth-order valence-electron chi connectivity index (χ4n) is 1.15. The molecule has 0 radical (unpaired) electrons. The minimum absolute atomic E-state index is 0.436. The monoisotopic (exact) mass is 282 g/mol. The molecule has 2 heterocycles. The van der Waals surface area contributed by atoms with E-state index in [1.807, 2.05) is 6.07 Å². The normalized spacial score (nSPS) is 10.8. The Morgan fingerprint density at radius 2 is 2.28 bits per heavy atom. The van der Waals surface area contributed by atoms with Gasteiger partial charge in [0.05, 0.1) is 12.3 Å². The van der Waals surface area contributed by atoms with Gasteiger partial charge in [-0.3, -0.25) is 0 Å². The zero-order valence-electron chi connectivity index (χ0n) is 10.2. The Morgan fingerprint density at radius 3 is 2.94 bits per heavy atom. The van der Waals surface area contributed by atoms with E-state index in [2.05, 4.69) is 29.0 Å². The third kappa shape index (κ3) is 3.58. The van der Waals surface area contributed by atoms with Crippen LogP contribution >= 0.6 is 23.1 Å². The van der Waals surface area contributed by atoms with E-state index in [0.717, 1.165) is 9.37 Å². The summed E-state index contributed by atoms with van der Waals surface area (Å²) in [5.41, 5.74) is 8.07. The van der Waals surface area contributed by atoms with Crippen LogP contribution in [0.2, 0.25) is 0 Å². The molecule has 2 N–H and O–H groups in total. The van der Waals surface area contributed by atoms with Gasteiger partial charge >= 0.3 is 0 Å². The maximum Gasteiger partial charge on any atom is 0.238 e. The average molecular weight is 282 g/mol. The van der Waals surface area contributed by atoms with Crippen LogP contribution in [0.3, 0.4) is 0 Å². The second-order valence-electron chi connectivity index (χ2n) is 4.06. The summed E-state index contributed by atoms with van der Waals surface area (Å²) in [7, 11) is 0. The Morgan fingerprint density at radius 1 is 1.44 bits per heavy atom. The van der Waals surface area contributed by atoms with Crippen LogP contribution in [0.1, 0.15) is 13.8 Å². The molecule has 2 rings (SSSR count). The predicted molar refractivity (Wildman–Crippen MR) is 73.0 cm³/mol. The molecule has 0 saturated carbocycles. The van der Waals surface area contributed by atoms with Gasteiger partial charge in [0.1, 0.15) is 10.5 Å². The Balaban J connectivity index is 2.10. The van der Waals surface area contributed by atoms with E-state index in [1.54, 1.807) is 11.6 Å². The lowest BCUT2D eigenvalue weighted by atomic mass is 10.2. The van der Waals surface area contributed by atoms with Crippen LogP contribution in [0.5, 0.6) is 5.88 Å². The first-order valence-electron chi connectivity index (χ1n) is 5.48. The Hall–Kier alpha value is -1.34. The van der Waals surface area contributed by atoms with E-state index in [-0.39, 0.29) is 0 Å². The highest BCUT2D eigenvalue weighted by atomic mass is 32.2. The number of rotatable bonds is 5. The fraction of sp³-hybridized carbons (Fsp3) is 0.364. The molecule has 0 amide bonds. The van der Waals surface area contributed by atoms with E-state index >= 15 is 0 Å². The highest BCUT2D eigenvalue weighted by Crippen LogP contribution is 2.30. The van der Waals surface area contributed by atoms with Crippen molar-refractivity contribution in [1.82, 2.24) is 15.2 Å². The highest BCUT2D eigenvalue weighted by molar-refractivity contribution is 8.00. The lowest BCUT2D eigenvalue weighted by molar-refractivity contribution is 0.261. The van der Waals surface area contributed by atoms with Crippen molar-refractivity contribution in [3.63, 3.8) is 0 Å². The van der Waals surface area contributed by atoms with Crippen LogP contribution in [0.25, 0.3) is 0 Å². The number of pyridine rings is 1. The Labute approximate surface area is 114 Å². The summed E-state index contributed by atoms with van der Waals surface area (Å²) in [5, 5.41) is 8.54. The molecular formula is C11H14N4OS2. The van der Waals surface area contributed by atoms with Crippen molar-refractivity contribution in [2.24, 2.45) is 5.92 Å². The smallest absolute Gasteiger partial charge is 0.238 e. The van der Waals surface area contributed by atoms with Crippen LogP contribution in [-0.2, 0) is 0 Å². The van der Waals surface area contributed by atoms with E-state index < -0.39 is 0 Å².